The maximum Gasteiger partial charge on any atom is 0.116 e. The van der Waals surface area contributed by atoms with E-state index in [1.54, 1.807) is 12.1 Å². The van der Waals surface area contributed by atoms with Gasteiger partial charge in [-0.25, -0.2) is 0 Å². The van der Waals surface area contributed by atoms with Crippen molar-refractivity contribution in [2.75, 3.05) is 25.0 Å². The van der Waals surface area contributed by atoms with Crippen LogP contribution in [0.2, 0.25) is 5.02 Å². The Hall–Kier alpha value is -1.97. The van der Waals surface area contributed by atoms with Crippen LogP contribution in [-0.4, -0.2) is 31.0 Å². The maximum absolute atomic E-state index is 9.53. The molecular weight excluding hydrogens is 331 g/mol. The van der Waals surface area contributed by atoms with E-state index >= 15 is 0 Å². The lowest BCUT2D eigenvalue weighted by molar-refractivity contribution is 0.475. The molecule has 0 fully saturated rings. The fraction of sp³-hybridized carbons (Fsp3) is 0.167. The Labute approximate surface area is 147 Å². The molecule has 0 saturated heterocycles. The van der Waals surface area contributed by atoms with Crippen molar-refractivity contribution in [1.82, 2.24) is 0 Å². The lowest BCUT2D eigenvalue weighted by Crippen LogP contribution is -2.20. The number of halogens is 2. The molecule has 23 heavy (non-hydrogen) atoms. The highest BCUT2D eigenvalue weighted by Crippen LogP contribution is 2.27. The molecule has 3 nitrogen and oxygen atoms in total. The Kier molecular flexibility index (Phi) is 5.69. The predicted octanol–water partition coefficient (Wildman–Crippen LogP) is 4.42. The van der Waals surface area contributed by atoms with Crippen LogP contribution in [-0.2, 0) is 0 Å². The molecule has 0 amide bonds. The van der Waals surface area contributed by atoms with Crippen LogP contribution in [0.5, 0.6) is 5.75 Å². The smallest absolute Gasteiger partial charge is 0.116 e. The number of rotatable bonds is 2. The average Bonchev–Trinajstić information content (AvgIpc) is 2.65. The molecule has 2 aromatic carbocycles. The van der Waals surface area contributed by atoms with Crippen molar-refractivity contribution < 1.29 is 5.11 Å². The Morgan fingerprint density at radius 2 is 2.00 bits per heavy atom. The van der Waals surface area contributed by atoms with E-state index in [-0.39, 0.29) is 18.2 Å². The summed E-state index contributed by atoms with van der Waals surface area (Å²) in [6.45, 7) is 1.60. The number of aromatic hydroxyl groups is 1. The summed E-state index contributed by atoms with van der Waals surface area (Å²) in [5, 5.41) is 10.3. The first-order valence-electron chi connectivity index (χ1n) is 7.16. The molecule has 0 saturated carbocycles. The highest BCUT2D eigenvalue weighted by Gasteiger charge is 2.14. The first-order valence-corrected chi connectivity index (χ1v) is 7.54. The minimum Gasteiger partial charge on any atom is -0.508 e. The second-order valence-electron chi connectivity index (χ2n) is 5.28. The van der Waals surface area contributed by atoms with Gasteiger partial charge in [-0.2, -0.15) is 0 Å². The number of phenolic OH excluding ortho intramolecular Hbond substituents is 1. The summed E-state index contributed by atoms with van der Waals surface area (Å²) >= 11 is 6.12. The van der Waals surface area contributed by atoms with E-state index in [4.69, 9.17) is 11.6 Å². The predicted molar refractivity (Wildman–Crippen MR) is 101 cm³/mol. The van der Waals surface area contributed by atoms with Crippen LogP contribution in [0.4, 0.5) is 5.69 Å². The highest BCUT2D eigenvalue weighted by atomic mass is 35.5. The van der Waals surface area contributed by atoms with Crippen molar-refractivity contribution >= 4 is 41.5 Å². The molecule has 1 heterocycles. The van der Waals surface area contributed by atoms with Gasteiger partial charge in [0, 0.05) is 29.9 Å². The van der Waals surface area contributed by atoms with Crippen molar-refractivity contribution in [3.63, 3.8) is 0 Å². The Morgan fingerprint density at radius 3 is 2.78 bits per heavy atom. The van der Waals surface area contributed by atoms with E-state index in [2.05, 4.69) is 9.89 Å². The van der Waals surface area contributed by atoms with Gasteiger partial charge in [0.1, 0.15) is 5.75 Å². The minimum absolute atomic E-state index is 0. The molecule has 1 aliphatic heterocycles. The molecule has 3 rings (SSSR count). The number of benzodiazepines with no additional fused rings is 1. The summed E-state index contributed by atoms with van der Waals surface area (Å²) in [4.78, 5) is 6.83. The lowest BCUT2D eigenvalue weighted by Gasteiger charge is -2.19. The van der Waals surface area contributed by atoms with Gasteiger partial charge in [-0.1, -0.05) is 29.8 Å². The third-order valence-electron chi connectivity index (χ3n) is 3.67. The summed E-state index contributed by atoms with van der Waals surface area (Å²) in [7, 11) is 2.05. The summed E-state index contributed by atoms with van der Waals surface area (Å²) in [5.74, 6) is 0.261. The van der Waals surface area contributed by atoms with E-state index in [0.717, 1.165) is 40.6 Å². The summed E-state index contributed by atoms with van der Waals surface area (Å²) < 4.78 is 0. The van der Waals surface area contributed by atoms with Gasteiger partial charge in [0.05, 0.1) is 12.3 Å². The minimum atomic E-state index is 0. The number of phenols is 1. The number of hydrogen-bond acceptors (Lipinski definition) is 3. The van der Waals surface area contributed by atoms with Crippen molar-refractivity contribution in [2.24, 2.45) is 4.99 Å². The van der Waals surface area contributed by atoms with Crippen LogP contribution >= 0.6 is 24.0 Å². The number of benzene rings is 2. The van der Waals surface area contributed by atoms with Crippen LogP contribution in [0.15, 0.2) is 53.5 Å². The molecule has 0 unspecified atom stereocenters. The zero-order chi connectivity index (χ0) is 15.5. The number of nitrogens with zero attached hydrogens (tertiary/aromatic N) is 2. The largest absolute Gasteiger partial charge is 0.508 e. The molecule has 1 N–H and O–H groups in total. The van der Waals surface area contributed by atoms with E-state index in [0.29, 0.717) is 0 Å². The Morgan fingerprint density at radius 1 is 1.17 bits per heavy atom. The molecule has 1 aliphatic rings. The van der Waals surface area contributed by atoms with Crippen LogP contribution in [0.25, 0.3) is 6.08 Å². The van der Waals surface area contributed by atoms with Crippen LogP contribution in [0.3, 0.4) is 0 Å². The molecule has 0 spiro atoms. The van der Waals surface area contributed by atoms with Gasteiger partial charge in [0.2, 0.25) is 0 Å². The van der Waals surface area contributed by atoms with Gasteiger partial charge in [-0.05, 0) is 42.0 Å². The highest BCUT2D eigenvalue weighted by molar-refractivity contribution is 6.31. The van der Waals surface area contributed by atoms with Crippen molar-refractivity contribution in [3.8, 4) is 5.75 Å². The van der Waals surface area contributed by atoms with Gasteiger partial charge in [-0.3, -0.25) is 4.99 Å². The van der Waals surface area contributed by atoms with Gasteiger partial charge >= 0.3 is 0 Å². The summed E-state index contributed by atoms with van der Waals surface area (Å²) in [6, 6.07) is 13.0. The third kappa shape index (κ3) is 4.06. The van der Waals surface area contributed by atoms with Crippen molar-refractivity contribution in [1.29, 1.82) is 0 Å². The molecule has 5 heteroatoms. The SMILES string of the molecule is CN1CCN=C(/C=C/c2cccc(O)c2)c2ccc(Cl)cc21.Cl. The fourth-order valence-corrected chi connectivity index (χ4v) is 2.68. The van der Waals surface area contributed by atoms with Crippen LogP contribution in [0, 0.1) is 0 Å². The third-order valence-corrected chi connectivity index (χ3v) is 3.90. The standard InChI is InChI=1S/C18H17ClN2O.ClH/c1-21-10-9-20-17(16-7-6-14(19)12-18(16)21)8-5-13-3-2-4-15(22)11-13;/h2-8,11-12,22H,9-10H2,1H3;1H/b8-5+;. The number of likely N-dealkylation sites (N-methyl/N-ethyl adjacent to an activating group) is 1. The van der Waals surface area contributed by atoms with E-state index < -0.39 is 0 Å². The summed E-state index contributed by atoms with van der Waals surface area (Å²) in [6.07, 6.45) is 3.95. The number of aliphatic imine (C=N–C) groups is 1. The van der Waals surface area contributed by atoms with Gasteiger partial charge in [0.15, 0.2) is 0 Å². The van der Waals surface area contributed by atoms with E-state index in [1.165, 1.54) is 0 Å². The number of fused-ring (bicyclic) bond motifs is 1. The topological polar surface area (TPSA) is 35.8 Å². The van der Waals surface area contributed by atoms with Crippen LogP contribution < -0.4 is 4.90 Å². The number of allylic oxidation sites excluding steroid dienone is 1. The van der Waals surface area contributed by atoms with Gasteiger partial charge < -0.3 is 10.0 Å². The Bertz CT molecular complexity index is 756. The second kappa shape index (κ2) is 7.53. The fourth-order valence-electron chi connectivity index (χ4n) is 2.51. The number of hydrogen-bond donors (Lipinski definition) is 1. The first-order chi connectivity index (χ1) is 10.6. The first kappa shape index (κ1) is 17.4. The zero-order valence-corrected chi connectivity index (χ0v) is 14.3. The molecular formula is C18H18Cl2N2O. The van der Waals surface area contributed by atoms with Crippen molar-refractivity contribution in [2.45, 2.75) is 0 Å². The molecule has 120 valence electrons. The average molecular weight is 349 g/mol. The molecule has 2 aromatic rings. The molecule has 0 bridgehead atoms. The van der Waals surface area contributed by atoms with Gasteiger partial charge in [-0.15, -0.1) is 12.4 Å². The lowest BCUT2D eigenvalue weighted by atomic mass is 10.1. The Balaban J connectivity index is 0.00000192. The maximum atomic E-state index is 9.53. The number of anilines is 1. The molecule has 0 atom stereocenters. The molecule has 0 radical (unpaired) electrons. The van der Waals surface area contributed by atoms with E-state index in [9.17, 15) is 5.11 Å². The second-order valence-corrected chi connectivity index (χ2v) is 5.71. The van der Waals surface area contributed by atoms with Crippen LogP contribution in [0.1, 0.15) is 11.1 Å². The molecule has 0 aliphatic carbocycles. The van der Waals surface area contributed by atoms with E-state index in [1.807, 2.05) is 49.5 Å². The normalized spacial score (nSPS) is 14.0. The van der Waals surface area contributed by atoms with Gasteiger partial charge in [0.25, 0.3) is 0 Å². The monoisotopic (exact) mass is 348 g/mol. The molecule has 0 aromatic heterocycles. The zero-order valence-electron chi connectivity index (χ0n) is 12.7. The quantitative estimate of drug-likeness (QED) is 0.871. The van der Waals surface area contributed by atoms with Crippen molar-refractivity contribution in [3.05, 3.63) is 64.7 Å². The summed E-state index contributed by atoms with van der Waals surface area (Å²) in [5.41, 5.74) is 4.03.